The monoisotopic (exact) mass is 381 g/mol. The molecule has 1 aliphatic rings. The predicted molar refractivity (Wildman–Crippen MR) is 110 cm³/mol. The number of nitrogens with one attached hydrogen (secondary N) is 1. The number of fused-ring (bicyclic) bond motifs is 1. The molecule has 0 radical (unpaired) electrons. The Labute approximate surface area is 163 Å². The SMILES string of the molecule is COc1cccc2sc(NC(=O)c3ccc(CN4CCCCC4)cc3)nc12. The molecule has 0 bridgehead atoms. The lowest BCUT2D eigenvalue weighted by Crippen LogP contribution is -2.29. The molecule has 2 heterocycles. The van der Waals surface area contributed by atoms with Crippen LogP contribution in [-0.4, -0.2) is 36.0 Å². The molecule has 27 heavy (non-hydrogen) atoms. The molecule has 1 amide bonds. The highest BCUT2D eigenvalue weighted by Gasteiger charge is 2.13. The normalized spacial score (nSPS) is 15.0. The van der Waals surface area contributed by atoms with Gasteiger partial charge in [-0.3, -0.25) is 15.0 Å². The number of nitrogens with zero attached hydrogens (tertiary/aromatic N) is 2. The number of para-hydroxylation sites is 1. The summed E-state index contributed by atoms with van der Waals surface area (Å²) in [4.78, 5) is 19.5. The molecule has 140 valence electrons. The third-order valence-electron chi connectivity index (χ3n) is 4.89. The number of amides is 1. The molecule has 1 fully saturated rings. The zero-order valence-corrected chi connectivity index (χ0v) is 16.2. The third kappa shape index (κ3) is 4.12. The number of benzene rings is 2. The number of carbonyl (C=O) groups is 1. The van der Waals surface area contributed by atoms with Crippen molar-refractivity contribution in [2.75, 3.05) is 25.5 Å². The van der Waals surface area contributed by atoms with E-state index in [1.165, 1.54) is 49.3 Å². The average Bonchev–Trinajstić information content (AvgIpc) is 3.11. The molecule has 5 nitrogen and oxygen atoms in total. The third-order valence-corrected chi connectivity index (χ3v) is 5.83. The van der Waals surface area contributed by atoms with Gasteiger partial charge in [-0.1, -0.05) is 36.0 Å². The second-order valence-electron chi connectivity index (χ2n) is 6.81. The van der Waals surface area contributed by atoms with E-state index in [0.717, 1.165) is 16.8 Å². The standard InChI is InChI=1S/C21H23N3O2S/c1-26-17-6-5-7-18-19(17)22-21(27-18)23-20(25)16-10-8-15(9-11-16)14-24-12-3-2-4-13-24/h5-11H,2-4,12-14H2,1H3,(H,22,23,25). The van der Waals surface area contributed by atoms with Gasteiger partial charge in [-0.15, -0.1) is 0 Å². The van der Waals surface area contributed by atoms with Crippen LogP contribution >= 0.6 is 11.3 Å². The van der Waals surface area contributed by atoms with Crippen LogP contribution in [0.4, 0.5) is 5.13 Å². The van der Waals surface area contributed by atoms with Gasteiger partial charge in [0.15, 0.2) is 5.13 Å². The van der Waals surface area contributed by atoms with Crippen molar-refractivity contribution in [2.45, 2.75) is 25.8 Å². The number of anilines is 1. The first-order chi connectivity index (χ1) is 13.2. The molecule has 1 saturated heterocycles. The summed E-state index contributed by atoms with van der Waals surface area (Å²) in [7, 11) is 1.62. The highest BCUT2D eigenvalue weighted by atomic mass is 32.1. The van der Waals surface area contributed by atoms with Gasteiger partial charge in [0.2, 0.25) is 0 Å². The number of aromatic nitrogens is 1. The Hall–Kier alpha value is -2.44. The van der Waals surface area contributed by atoms with Gasteiger partial charge >= 0.3 is 0 Å². The maximum atomic E-state index is 12.6. The van der Waals surface area contributed by atoms with Crippen molar-refractivity contribution >= 4 is 32.6 Å². The molecular formula is C21H23N3O2S. The van der Waals surface area contributed by atoms with E-state index in [9.17, 15) is 4.79 Å². The van der Waals surface area contributed by atoms with Crippen molar-refractivity contribution in [1.29, 1.82) is 0 Å². The van der Waals surface area contributed by atoms with E-state index in [0.29, 0.717) is 16.4 Å². The topological polar surface area (TPSA) is 54.5 Å². The van der Waals surface area contributed by atoms with Crippen molar-refractivity contribution < 1.29 is 9.53 Å². The molecule has 1 N–H and O–H groups in total. The molecule has 0 atom stereocenters. The molecule has 0 aliphatic carbocycles. The largest absolute Gasteiger partial charge is 0.494 e. The zero-order chi connectivity index (χ0) is 18.6. The van der Waals surface area contributed by atoms with Gasteiger partial charge in [0, 0.05) is 12.1 Å². The van der Waals surface area contributed by atoms with Crippen LogP contribution in [0.1, 0.15) is 35.2 Å². The number of piperidine rings is 1. The number of carbonyl (C=O) groups excluding carboxylic acids is 1. The van der Waals surface area contributed by atoms with Gasteiger partial charge in [-0.05, 0) is 55.8 Å². The lowest BCUT2D eigenvalue weighted by atomic mass is 10.1. The van der Waals surface area contributed by atoms with Crippen LogP contribution in [0.15, 0.2) is 42.5 Å². The van der Waals surface area contributed by atoms with Crippen LogP contribution in [-0.2, 0) is 6.54 Å². The smallest absolute Gasteiger partial charge is 0.257 e. The Morgan fingerprint density at radius 1 is 1.15 bits per heavy atom. The first-order valence-electron chi connectivity index (χ1n) is 9.29. The summed E-state index contributed by atoms with van der Waals surface area (Å²) >= 11 is 1.45. The van der Waals surface area contributed by atoms with Gasteiger partial charge in [0.1, 0.15) is 11.3 Å². The number of ether oxygens (including phenoxy) is 1. The van der Waals surface area contributed by atoms with E-state index >= 15 is 0 Å². The van der Waals surface area contributed by atoms with E-state index in [1.54, 1.807) is 7.11 Å². The fourth-order valence-corrected chi connectivity index (χ4v) is 4.33. The minimum absolute atomic E-state index is 0.141. The summed E-state index contributed by atoms with van der Waals surface area (Å²) in [5.74, 6) is 0.573. The van der Waals surface area contributed by atoms with Gasteiger partial charge in [-0.25, -0.2) is 4.98 Å². The summed E-state index contributed by atoms with van der Waals surface area (Å²) in [6, 6.07) is 13.6. The summed E-state index contributed by atoms with van der Waals surface area (Å²) in [6.45, 7) is 3.30. The Morgan fingerprint density at radius 2 is 1.93 bits per heavy atom. The Balaban J connectivity index is 1.43. The summed E-state index contributed by atoms with van der Waals surface area (Å²) in [5.41, 5.74) is 2.67. The molecule has 0 saturated carbocycles. The molecule has 2 aromatic carbocycles. The van der Waals surface area contributed by atoms with E-state index < -0.39 is 0 Å². The van der Waals surface area contributed by atoms with Crippen LogP contribution in [0.3, 0.4) is 0 Å². The summed E-state index contributed by atoms with van der Waals surface area (Å²) in [6.07, 6.45) is 3.91. The predicted octanol–water partition coefficient (Wildman–Crippen LogP) is 4.54. The molecule has 6 heteroatoms. The highest BCUT2D eigenvalue weighted by Crippen LogP contribution is 2.32. The average molecular weight is 382 g/mol. The van der Waals surface area contributed by atoms with E-state index in [-0.39, 0.29) is 5.91 Å². The molecule has 0 spiro atoms. The highest BCUT2D eigenvalue weighted by molar-refractivity contribution is 7.22. The van der Waals surface area contributed by atoms with Crippen molar-refractivity contribution in [1.82, 2.24) is 9.88 Å². The van der Waals surface area contributed by atoms with Crippen molar-refractivity contribution in [2.24, 2.45) is 0 Å². The van der Waals surface area contributed by atoms with Gasteiger partial charge in [-0.2, -0.15) is 0 Å². The number of methoxy groups -OCH3 is 1. The number of hydrogen-bond donors (Lipinski definition) is 1. The molecule has 1 aromatic heterocycles. The molecule has 4 rings (SSSR count). The molecule has 1 aliphatic heterocycles. The minimum atomic E-state index is -0.141. The van der Waals surface area contributed by atoms with Crippen LogP contribution in [0.5, 0.6) is 5.75 Å². The van der Waals surface area contributed by atoms with Crippen molar-refractivity contribution in [3.63, 3.8) is 0 Å². The van der Waals surface area contributed by atoms with E-state index in [2.05, 4.69) is 15.2 Å². The minimum Gasteiger partial charge on any atom is -0.494 e. The van der Waals surface area contributed by atoms with Crippen molar-refractivity contribution in [3.05, 3.63) is 53.6 Å². The lowest BCUT2D eigenvalue weighted by Gasteiger charge is -2.26. The molecular weight excluding hydrogens is 358 g/mol. The Kier molecular flexibility index (Phi) is 5.36. The second kappa shape index (κ2) is 8.06. The Morgan fingerprint density at radius 3 is 2.67 bits per heavy atom. The van der Waals surface area contributed by atoms with Crippen LogP contribution in [0.2, 0.25) is 0 Å². The number of thiazole rings is 1. The van der Waals surface area contributed by atoms with Gasteiger partial charge in [0.25, 0.3) is 5.91 Å². The number of likely N-dealkylation sites (tertiary alicyclic amines) is 1. The van der Waals surface area contributed by atoms with Crippen molar-refractivity contribution in [3.8, 4) is 5.75 Å². The molecule has 0 unspecified atom stereocenters. The van der Waals surface area contributed by atoms with E-state index in [4.69, 9.17) is 4.74 Å². The Bertz CT molecular complexity index is 930. The first kappa shape index (κ1) is 17.9. The van der Waals surface area contributed by atoms with Crippen LogP contribution in [0, 0.1) is 0 Å². The summed E-state index contributed by atoms with van der Waals surface area (Å²) in [5, 5.41) is 3.48. The maximum Gasteiger partial charge on any atom is 0.257 e. The maximum absolute atomic E-state index is 12.6. The quantitative estimate of drug-likeness (QED) is 0.705. The number of hydrogen-bond acceptors (Lipinski definition) is 5. The second-order valence-corrected chi connectivity index (χ2v) is 7.84. The lowest BCUT2D eigenvalue weighted by molar-refractivity contribution is 0.102. The van der Waals surface area contributed by atoms with Crippen LogP contribution in [0.25, 0.3) is 10.2 Å². The van der Waals surface area contributed by atoms with E-state index in [1.807, 2.05) is 42.5 Å². The first-order valence-corrected chi connectivity index (χ1v) is 10.1. The fraction of sp³-hybridized carbons (Fsp3) is 0.333. The molecule has 3 aromatic rings. The van der Waals surface area contributed by atoms with Crippen LogP contribution < -0.4 is 10.1 Å². The van der Waals surface area contributed by atoms with Gasteiger partial charge < -0.3 is 4.74 Å². The zero-order valence-electron chi connectivity index (χ0n) is 15.4. The number of rotatable bonds is 5. The summed E-state index contributed by atoms with van der Waals surface area (Å²) < 4.78 is 6.32. The fourth-order valence-electron chi connectivity index (χ4n) is 3.45. The van der Waals surface area contributed by atoms with Gasteiger partial charge in [0.05, 0.1) is 11.8 Å².